The fraction of sp³-hybridized carbons (Fsp3) is 0.571. The Morgan fingerprint density at radius 3 is 2.81 bits per heavy atom. The first-order valence-electron chi connectivity index (χ1n) is 7.21. The van der Waals surface area contributed by atoms with Crippen LogP contribution in [0, 0.1) is 5.82 Å². The molecule has 0 bridgehead atoms. The van der Waals surface area contributed by atoms with Gasteiger partial charge in [0.15, 0.2) is 5.82 Å². The third-order valence-corrected chi connectivity index (χ3v) is 6.55. The topological polar surface area (TPSA) is 49.4 Å². The Labute approximate surface area is 129 Å². The van der Waals surface area contributed by atoms with Crippen LogP contribution in [0.1, 0.15) is 25.7 Å². The number of sulfonamides is 1. The van der Waals surface area contributed by atoms with Crippen LogP contribution in [0.15, 0.2) is 23.1 Å². The summed E-state index contributed by atoms with van der Waals surface area (Å²) in [6.45, 7) is 1.36. The molecular formula is C14H18ClFN2O2S. The van der Waals surface area contributed by atoms with Crippen LogP contribution in [0.2, 0.25) is 5.02 Å². The first kappa shape index (κ1) is 15.2. The minimum Gasteiger partial charge on any atom is -0.312 e. The number of hydrogen-bond donors (Lipinski definition) is 1. The van der Waals surface area contributed by atoms with Crippen LogP contribution in [0.4, 0.5) is 4.39 Å². The highest BCUT2D eigenvalue weighted by atomic mass is 35.5. The second-order valence-electron chi connectivity index (χ2n) is 5.58. The predicted octanol–water partition coefficient (Wildman–Crippen LogP) is 2.38. The van der Waals surface area contributed by atoms with Crippen LogP contribution >= 0.6 is 11.6 Å². The number of nitrogens with zero attached hydrogens (tertiary/aromatic N) is 1. The molecule has 116 valence electrons. The summed E-state index contributed by atoms with van der Waals surface area (Å²) in [6.07, 6.45) is 3.65. The van der Waals surface area contributed by atoms with Crippen molar-refractivity contribution in [3.8, 4) is 0 Å². The molecule has 0 aliphatic carbocycles. The Hall–Kier alpha value is -0.690. The average Bonchev–Trinajstić information content (AvgIpc) is 3.11. The molecule has 2 fully saturated rings. The zero-order valence-electron chi connectivity index (χ0n) is 11.6. The van der Waals surface area contributed by atoms with E-state index in [9.17, 15) is 12.8 Å². The van der Waals surface area contributed by atoms with Crippen molar-refractivity contribution in [1.82, 2.24) is 9.62 Å². The second kappa shape index (κ2) is 5.83. The summed E-state index contributed by atoms with van der Waals surface area (Å²) in [5.74, 6) is -0.857. The molecule has 1 aromatic rings. The van der Waals surface area contributed by atoms with Gasteiger partial charge in [0, 0.05) is 18.6 Å². The monoisotopic (exact) mass is 332 g/mol. The van der Waals surface area contributed by atoms with E-state index in [-0.39, 0.29) is 22.0 Å². The lowest BCUT2D eigenvalue weighted by Crippen LogP contribution is -2.46. The molecule has 2 saturated heterocycles. The second-order valence-corrected chi connectivity index (χ2v) is 7.85. The van der Waals surface area contributed by atoms with Crippen LogP contribution < -0.4 is 5.32 Å². The molecule has 0 amide bonds. The van der Waals surface area contributed by atoms with Crippen molar-refractivity contribution in [3.63, 3.8) is 0 Å². The highest BCUT2D eigenvalue weighted by Crippen LogP contribution is 2.32. The molecule has 0 saturated carbocycles. The fourth-order valence-electron chi connectivity index (χ4n) is 3.32. The number of rotatable bonds is 3. The van der Waals surface area contributed by atoms with Crippen LogP contribution in [-0.2, 0) is 10.0 Å². The van der Waals surface area contributed by atoms with Gasteiger partial charge in [-0.2, -0.15) is 4.31 Å². The van der Waals surface area contributed by atoms with Gasteiger partial charge in [-0.1, -0.05) is 17.7 Å². The van der Waals surface area contributed by atoms with Crippen molar-refractivity contribution in [2.45, 2.75) is 42.7 Å². The lowest BCUT2D eigenvalue weighted by atomic mass is 10.1. The molecule has 0 radical (unpaired) electrons. The zero-order valence-corrected chi connectivity index (χ0v) is 13.1. The molecule has 0 aromatic heterocycles. The van der Waals surface area contributed by atoms with Crippen LogP contribution in [0.25, 0.3) is 0 Å². The Balaban J connectivity index is 1.95. The van der Waals surface area contributed by atoms with Crippen LogP contribution in [0.3, 0.4) is 0 Å². The zero-order chi connectivity index (χ0) is 15.0. The van der Waals surface area contributed by atoms with Gasteiger partial charge >= 0.3 is 0 Å². The maximum Gasteiger partial charge on any atom is 0.246 e. The molecular weight excluding hydrogens is 315 g/mol. The van der Waals surface area contributed by atoms with E-state index >= 15 is 0 Å². The van der Waals surface area contributed by atoms with E-state index in [0.717, 1.165) is 32.2 Å². The van der Waals surface area contributed by atoms with E-state index in [4.69, 9.17) is 11.6 Å². The highest BCUT2D eigenvalue weighted by Gasteiger charge is 2.41. The Morgan fingerprint density at radius 1 is 1.29 bits per heavy atom. The van der Waals surface area contributed by atoms with Gasteiger partial charge in [-0.05, 0) is 44.4 Å². The van der Waals surface area contributed by atoms with Crippen LogP contribution in [-0.4, -0.2) is 37.9 Å². The Bertz CT molecular complexity index is 632. The smallest absolute Gasteiger partial charge is 0.246 e. The Morgan fingerprint density at radius 2 is 2.10 bits per heavy atom. The molecule has 2 atom stereocenters. The molecule has 1 aromatic carbocycles. The van der Waals surface area contributed by atoms with Gasteiger partial charge in [0.1, 0.15) is 4.90 Å². The van der Waals surface area contributed by atoms with Gasteiger partial charge < -0.3 is 5.32 Å². The van der Waals surface area contributed by atoms with Crippen molar-refractivity contribution in [2.24, 2.45) is 0 Å². The Kier molecular flexibility index (Phi) is 4.23. The average molecular weight is 333 g/mol. The van der Waals surface area contributed by atoms with Crippen molar-refractivity contribution in [3.05, 3.63) is 29.0 Å². The standard InChI is InChI=1S/C14H18ClFN2O2S/c15-10-4-1-7-13(14(10)16)21(19,20)18-9-3-6-12(18)11-5-2-8-17-11/h1,4,7,11-12,17H,2-3,5-6,8-9H2. The fourth-order valence-corrected chi connectivity index (χ4v) is 5.36. The molecule has 1 N–H and O–H groups in total. The summed E-state index contributed by atoms with van der Waals surface area (Å²) in [5.41, 5.74) is 0. The molecule has 2 heterocycles. The predicted molar refractivity (Wildman–Crippen MR) is 79.3 cm³/mol. The largest absolute Gasteiger partial charge is 0.312 e. The first-order chi connectivity index (χ1) is 10.0. The van der Waals surface area contributed by atoms with Crippen molar-refractivity contribution >= 4 is 21.6 Å². The van der Waals surface area contributed by atoms with Gasteiger partial charge in [0.05, 0.1) is 5.02 Å². The van der Waals surface area contributed by atoms with E-state index < -0.39 is 15.8 Å². The van der Waals surface area contributed by atoms with E-state index in [2.05, 4.69) is 5.32 Å². The summed E-state index contributed by atoms with van der Waals surface area (Å²) in [4.78, 5) is -0.320. The van der Waals surface area contributed by atoms with Crippen molar-refractivity contribution in [1.29, 1.82) is 0 Å². The van der Waals surface area contributed by atoms with Gasteiger partial charge in [0.25, 0.3) is 0 Å². The van der Waals surface area contributed by atoms with Crippen LogP contribution in [0.5, 0.6) is 0 Å². The maximum absolute atomic E-state index is 14.1. The van der Waals surface area contributed by atoms with E-state index in [1.54, 1.807) is 0 Å². The quantitative estimate of drug-likeness (QED) is 0.924. The minimum absolute atomic E-state index is 0.0871. The van der Waals surface area contributed by atoms with Crippen molar-refractivity contribution in [2.75, 3.05) is 13.1 Å². The minimum atomic E-state index is -3.84. The molecule has 2 unspecified atom stereocenters. The molecule has 21 heavy (non-hydrogen) atoms. The molecule has 0 spiro atoms. The van der Waals surface area contributed by atoms with Gasteiger partial charge in [-0.15, -0.1) is 0 Å². The molecule has 2 aliphatic heterocycles. The summed E-state index contributed by atoms with van der Waals surface area (Å²) in [7, 11) is -3.84. The number of benzene rings is 1. The number of halogens is 2. The highest BCUT2D eigenvalue weighted by molar-refractivity contribution is 7.89. The summed E-state index contributed by atoms with van der Waals surface area (Å²) in [5, 5.41) is 3.19. The summed E-state index contributed by atoms with van der Waals surface area (Å²) in [6, 6.07) is 4.20. The maximum atomic E-state index is 14.1. The lowest BCUT2D eigenvalue weighted by Gasteiger charge is -2.29. The molecule has 2 aliphatic rings. The number of nitrogens with one attached hydrogen (secondary N) is 1. The molecule has 3 rings (SSSR count). The van der Waals surface area contributed by atoms with E-state index in [0.29, 0.717) is 6.54 Å². The normalized spacial score (nSPS) is 27.3. The SMILES string of the molecule is O=S(=O)(c1cccc(Cl)c1F)N1CCCC1C1CCCN1. The third kappa shape index (κ3) is 2.70. The summed E-state index contributed by atoms with van der Waals surface area (Å²) >= 11 is 5.72. The summed E-state index contributed by atoms with van der Waals surface area (Å²) < 4.78 is 41.1. The molecule has 7 heteroatoms. The van der Waals surface area contributed by atoms with Gasteiger partial charge in [-0.25, -0.2) is 12.8 Å². The number of hydrogen-bond acceptors (Lipinski definition) is 3. The first-order valence-corrected chi connectivity index (χ1v) is 9.03. The lowest BCUT2D eigenvalue weighted by molar-refractivity contribution is 0.321. The van der Waals surface area contributed by atoms with E-state index in [1.807, 2.05) is 0 Å². The van der Waals surface area contributed by atoms with Gasteiger partial charge in [0.2, 0.25) is 10.0 Å². The van der Waals surface area contributed by atoms with Crippen molar-refractivity contribution < 1.29 is 12.8 Å². The van der Waals surface area contributed by atoms with E-state index in [1.165, 1.54) is 22.5 Å². The third-order valence-electron chi connectivity index (χ3n) is 4.31. The van der Waals surface area contributed by atoms with Gasteiger partial charge in [-0.3, -0.25) is 0 Å². The molecule has 4 nitrogen and oxygen atoms in total.